The molecule has 1 unspecified atom stereocenters. The lowest BCUT2D eigenvalue weighted by Gasteiger charge is -2.36. The molecule has 2 aromatic rings. The van der Waals surface area contributed by atoms with Gasteiger partial charge in [-0.1, -0.05) is 34.1 Å². The fraction of sp³-hybridized carbons (Fsp3) is 0.435. The van der Waals surface area contributed by atoms with Crippen molar-refractivity contribution in [1.82, 2.24) is 9.62 Å². The highest BCUT2D eigenvalue weighted by Gasteiger charge is 2.35. The number of benzene rings is 2. The summed E-state index contributed by atoms with van der Waals surface area (Å²) < 4.78 is 29.9. The van der Waals surface area contributed by atoms with E-state index in [1.54, 1.807) is 11.0 Å². The van der Waals surface area contributed by atoms with Gasteiger partial charge in [0.25, 0.3) is 0 Å². The van der Waals surface area contributed by atoms with Crippen LogP contribution in [0.5, 0.6) is 0 Å². The van der Waals surface area contributed by atoms with E-state index in [-0.39, 0.29) is 16.8 Å². The number of carbonyl (C=O) groups excluding carboxylic acids is 1. The van der Waals surface area contributed by atoms with E-state index in [2.05, 4.69) is 42.6 Å². The molecule has 2 aliphatic rings. The number of halogens is 1. The lowest BCUT2D eigenvalue weighted by Crippen LogP contribution is -2.48. The topological polar surface area (TPSA) is 73.0 Å². The Morgan fingerprint density at radius 3 is 2.47 bits per heavy atom. The van der Waals surface area contributed by atoms with Crippen molar-refractivity contribution in [3.8, 4) is 0 Å². The second-order valence-corrected chi connectivity index (χ2v) is 11.1. The average Bonchev–Trinajstić information content (AvgIpc) is 3.09. The maximum Gasteiger partial charge on any atom is 0.242 e. The van der Waals surface area contributed by atoms with Crippen molar-refractivity contribution in [1.29, 1.82) is 0 Å². The van der Waals surface area contributed by atoms with Crippen LogP contribution in [0.15, 0.2) is 51.8 Å². The van der Waals surface area contributed by atoms with Gasteiger partial charge >= 0.3 is 0 Å². The SMILES string of the molecule is CC(=O)N1c2c(cc(Br)cc2S(=O)(=O)NCCN2CCN(c3ccccc3)CC2)CC1C. The van der Waals surface area contributed by atoms with Gasteiger partial charge in [0.2, 0.25) is 15.9 Å². The van der Waals surface area contributed by atoms with Crippen LogP contribution in [0.25, 0.3) is 0 Å². The zero-order chi connectivity index (χ0) is 22.9. The largest absolute Gasteiger partial charge is 0.369 e. The molecule has 1 atom stereocenters. The first-order chi connectivity index (χ1) is 15.3. The van der Waals surface area contributed by atoms with Crippen molar-refractivity contribution in [2.24, 2.45) is 0 Å². The minimum absolute atomic E-state index is 0.0633. The molecule has 32 heavy (non-hydrogen) atoms. The van der Waals surface area contributed by atoms with Crippen LogP contribution in [-0.2, 0) is 21.2 Å². The van der Waals surface area contributed by atoms with Crippen LogP contribution in [0.3, 0.4) is 0 Å². The molecule has 2 aliphatic heterocycles. The third kappa shape index (κ3) is 4.85. The summed E-state index contributed by atoms with van der Waals surface area (Å²) in [5.74, 6) is -0.147. The highest BCUT2D eigenvalue weighted by molar-refractivity contribution is 9.10. The number of piperazine rings is 1. The molecule has 0 bridgehead atoms. The molecular formula is C23H29BrN4O3S. The molecule has 7 nitrogen and oxygen atoms in total. The second-order valence-electron chi connectivity index (χ2n) is 8.42. The van der Waals surface area contributed by atoms with Crippen molar-refractivity contribution in [3.63, 3.8) is 0 Å². The third-order valence-corrected chi connectivity index (χ3v) is 8.09. The average molecular weight is 521 g/mol. The summed E-state index contributed by atoms with van der Waals surface area (Å²) in [6, 6.07) is 13.8. The zero-order valence-electron chi connectivity index (χ0n) is 18.4. The van der Waals surface area contributed by atoms with Gasteiger partial charge in [0.05, 0.1) is 5.69 Å². The number of fused-ring (bicyclic) bond motifs is 1. The van der Waals surface area contributed by atoms with Gasteiger partial charge in [-0.25, -0.2) is 13.1 Å². The fourth-order valence-electron chi connectivity index (χ4n) is 4.64. The molecule has 1 amide bonds. The molecule has 9 heteroatoms. The Balaban J connectivity index is 1.39. The smallest absolute Gasteiger partial charge is 0.242 e. The van der Waals surface area contributed by atoms with Crippen molar-refractivity contribution in [2.45, 2.75) is 31.2 Å². The van der Waals surface area contributed by atoms with Gasteiger partial charge in [0, 0.05) is 62.4 Å². The quantitative estimate of drug-likeness (QED) is 0.633. The molecule has 0 aromatic heterocycles. The number of nitrogens with zero attached hydrogens (tertiary/aromatic N) is 3. The lowest BCUT2D eigenvalue weighted by atomic mass is 10.1. The number of para-hydroxylation sites is 1. The molecular weight excluding hydrogens is 492 g/mol. The number of rotatable bonds is 6. The Morgan fingerprint density at radius 1 is 1.12 bits per heavy atom. The standard InChI is InChI=1S/C23H29BrN4O3S/c1-17-14-19-15-20(24)16-22(23(19)28(17)18(2)29)32(30,31)25-8-9-26-10-12-27(13-11-26)21-6-4-3-5-7-21/h3-7,15-17,25H,8-14H2,1-2H3. The van der Waals surface area contributed by atoms with Gasteiger partial charge in [-0.3, -0.25) is 9.69 Å². The summed E-state index contributed by atoms with van der Waals surface area (Å²) in [4.78, 5) is 18.6. The maximum absolute atomic E-state index is 13.2. The summed E-state index contributed by atoms with van der Waals surface area (Å²) in [6.07, 6.45) is 0.641. The maximum atomic E-state index is 13.2. The van der Waals surface area contributed by atoms with Crippen LogP contribution < -0.4 is 14.5 Å². The molecule has 2 aromatic carbocycles. The molecule has 0 spiro atoms. The number of hydrogen-bond acceptors (Lipinski definition) is 5. The predicted molar refractivity (Wildman–Crippen MR) is 131 cm³/mol. The molecule has 4 rings (SSSR count). The molecule has 2 heterocycles. The number of nitrogens with one attached hydrogen (secondary N) is 1. The number of carbonyl (C=O) groups is 1. The fourth-order valence-corrected chi connectivity index (χ4v) is 6.58. The zero-order valence-corrected chi connectivity index (χ0v) is 20.8. The van der Waals surface area contributed by atoms with Crippen LogP contribution in [0, 0.1) is 0 Å². The van der Waals surface area contributed by atoms with E-state index in [1.165, 1.54) is 12.6 Å². The summed E-state index contributed by atoms with van der Waals surface area (Å²) in [6.45, 7) is 8.00. The molecule has 0 aliphatic carbocycles. The van der Waals surface area contributed by atoms with Gasteiger partial charge in [0.1, 0.15) is 4.90 Å². The van der Waals surface area contributed by atoms with Crippen molar-refractivity contribution in [2.75, 3.05) is 49.1 Å². The van der Waals surface area contributed by atoms with E-state index in [9.17, 15) is 13.2 Å². The van der Waals surface area contributed by atoms with E-state index >= 15 is 0 Å². The number of hydrogen-bond donors (Lipinski definition) is 1. The van der Waals surface area contributed by atoms with Crippen LogP contribution >= 0.6 is 15.9 Å². The Kier molecular flexibility index (Phi) is 6.90. The normalized spacial score (nSPS) is 19.3. The molecule has 0 saturated carbocycles. The summed E-state index contributed by atoms with van der Waals surface area (Å²) in [7, 11) is -3.76. The van der Waals surface area contributed by atoms with Gasteiger partial charge in [-0.05, 0) is 43.2 Å². The van der Waals surface area contributed by atoms with Crippen molar-refractivity contribution < 1.29 is 13.2 Å². The molecule has 172 valence electrons. The van der Waals surface area contributed by atoms with Crippen molar-refractivity contribution in [3.05, 3.63) is 52.5 Å². The van der Waals surface area contributed by atoms with Crippen LogP contribution in [0.4, 0.5) is 11.4 Å². The Bertz CT molecular complexity index is 1090. The third-order valence-electron chi connectivity index (χ3n) is 6.16. The molecule has 1 saturated heterocycles. The first kappa shape index (κ1) is 23.2. The van der Waals surface area contributed by atoms with Crippen LogP contribution in [0.2, 0.25) is 0 Å². The first-order valence-electron chi connectivity index (χ1n) is 10.9. The van der Waals surface area contributed by atoms with Gasteiger partial charge in [0.15, 0.2) is 0 Å². The monoisotopic (exact) mass is 520 g/mol. The minimum atomic E-state index is -3.76. The van der Waals surface area contributed by atoms with Crippen LogP contribution in [0.1, 0.15) is 19.4 Å². The molecule has 1 N–H and O–H groups in total. The predicted octanol–water partition coefficient (Wildman–Crippen LogP) is 2.85. The summed E-state index contributed by atoms with van der Waals surface area (Å²) in [5, 5.41) is 0. The highest BCUT2D eigenvalue weighted by atomic mass is 79.9. The number of sulfonamides is 1. The minimum Gasteiger partial charge on any atom is -0.369 e. The van der Waals surface area contributed by atoms with E-state index in [1.807, 2.05) is 31.2 Å². The van der Waals surface area contributed by atoms with Gasteiger partial charge in [-0.2, -0.15) is 0 Å². The second kappa shape index (κ2) is 9.51. The highest BCUT2D eigenvalue weighted by Crippen LogP contribution is 2.40. The van der Waals surface area contributed by atoms with E-state index < -0.39 is 10.0 Å². The first-order valence-corrected chi connectivity index (χ1v) is 13.2. The molecule has 1 fully saturated rings. The number of anilines is 2. The van der Waals surface area contributed by atoms with Gasteiger partial charge in [-0.15, -0.1) is 0 Å². The number of amides is 1. The van der Waals surface area contributed by atoms with E-state index in [0.29, 0.717) is 29.7 Å². The summed E-state index contributed by atoms with van der Waals surface area (Å²) >= 11 is 3.43. The van der Waals surface area contributed by atoms with E-state index in [4.69, 9.17) is 0 Å². The van der Waals surface area contributed by atoms with E-state index in [0.717, 1.165) is 31.7 Å². The lowest BCUT2D eigenvalue weighted by molar-refractivity contribution is -0.116. The Morgan fingerprint density at radius 2 is 1.81 bits per heavy atom. The Labute approximate surface area is 198 Å². The molecule has 0 radical (unpaired) electrons. The van der Waals surface area contributed by atoms with Crippen LogP contribution in [-0.4, -0.2) is 64.5 Å². The Hall–Kier alpha value is -1.94. The van der Waals surface area contributed by atoms with Gasteiger partial charge < -0.3 is 9.80 Å². The summed E-state index contributed by atoms with van der Waals surface area (Å²) in [5.41, 5.74) is 2.61. The van der Waals surface area contributed by atoms with Crippen molar-refractivity contribution >= 4 is 43.2 Å².